The SMILES string of the molecule is CCNC(=NCc1ncccc1C)NCC1COc2ccccc2O1.I. The molecule has 140 valence electrons. The summed E-state index contributed by atoms with van der Waals surface area (Å²) >= 11 is 0. The molecule has 0 saturated heterocycles. The Morgan fingerprint density at radius 2 is 2.00 bits per heavy atom. The van der Waals surface area contributed by atoms with E-state index in [2.05, 4.69) is 20.6 Å². The molecule has 7 heteroatoms. The van der Waals surface area contributed by atoms with Crippen molar-refractivity contribution in [1.82, 2.24) is 15.6 Å². The van der Waals surface area contributed by atoms with E-state index in [-0.39, 0.29) is 30.1 Å². The summed E-state index contributed by atoms with van der Waals surface area (Å²) < 4.78 is 11.7. The molecule has 1 aliphatic heterocycles. The van der Waals surface area contributed by atoms with E-state index in [9.17, 15) is 0 Å². The highest BCUT2D eigenvalue weighted by Gasteiger charge is 2.20. The number of fused-ring (bicyclic) bond motifs is 1. The highest BCUT2D eigenvalue weighted by molar-refractivity contribution is 14.0. The summed E-state index contributed by atoms with van der Waals surface area (Å²) in [6, 6.07) is 11.7. The Bertz CT molecular complexity index is 739. The third kappa shape index (κ3) is 5.48. The van der Waals surface area contributed by atoms with E-state index in [1.807, 2.05) is 50.2 Å². The molecule has 0 fully saturated rings. The van der Waals surface area contributed by atoms with Gasteiger partial charge in [-0.1, -0.05) is 18.2 Å². The normalized spacial score (nSPS) is 15.8. The van der Waals surface area contributed by atoms with E-state index in [0.717, 1.165) is 35.3 Å². The lowest BCUT2D eigenvalue weighted by atomic mass is 10.2. The van der Waals surface area contributed by atoms with Crippen LogP contribution in [0.3, 0.4) is 0 Å². The van der Waals surface area contributed by atoms with E-state index in [1.54, 1.807) is 6.20 Å². The minimum absolute atomic E-state index is 0. The zero-order valence-corrected chi connectivity index (χ0v) is 17.4. The second kappa shape index (κ2) is 10.2. The van der Waals surface area contributed by atoms with Crippen LogP contribution in [-0.2, 0) is 6.54 Å². The minimum Gasteiger partial charge on any atom is -0.486 e. The number of aliphatic imine (C=N–C) groups is 1. The molecule has 0 saturated carbocycles. The molecule has 3 rings (SSSR count). The number of aromatic nitrogens is 1. The van der Waals surface area contributed by atoms with Crippen LogP contribution in [0.4, 0.5) is 0 Å². The van der Waals surface area contributed by atoms with Gasteiger partial charge in [-0.3, -0.25) is 4.98 Å². The Labute approximate surface area is 171 Å². The average Bonchev–Trinajstić information content (AvgIpc) is 2.65. The van der Waals surface area contributed by atoms with Crippen LogP contribution in [-0.4, -0.2) is 36.7 Å². The first kappa shape index (κ1) is 20.3. The fourth-order valence-corrected chi connectivity index (χ4v) is 2.55. The van der Waals surface area contributed by atoms with Crippen LogP contribution in [0.25, 0.3) is 0 Å². The number of hydrogen-bond donors (Lipinski definition) is 2. The molecule has 0 bridgehead atoms. The monoisotopic (exact) mass is 468 g/mol. The van der Waals surface area contributed by atoms with Crippen molar-refractivity contribution in [2.45, 2.75) is 26.5 Å². The number of guanidine groups is 1. The Morgan fingerprint density at radius 1 is 1.19 bits per heavy atom. The number of pyridine rings is 1. The molecule has 2 aromatic rings. The zero-order valence-electron chi connectivity index (χ0n) is 15.1. The van der Waals surface area contributed by atoms with Gasteiger partial charge in [0, 0.05) is 12.7 Å². The van der Waals surface area contributed by atoms with Crippen LogP contribution < -0.4 is 20.1 Å². The minimum atomic E-state index is -0.0599. The summed E-state index contributed by atoms with van der Waals surface area (Å²) in [7, 11) is 0. The number of ether oxygens (including phenoxy) is 2. The maximum absolute atomic E-state index is 5.96. The Hall–Kier alpha value is -2.03. The second-order valence-corrected chi connectivity index (χ2v) is 5.84. The largest absolute Gasteiger partial charge is 0.486 e. The molecular formula is C19H25IN4O2. The van der Waals surface area contributed by atoms with Crippen LogP contribution in [0.15, 0.2) is 47.6 Å². The van der Waals surface area contributed by atoms with E-state index < -0.39 is 0 Å². The van der Waals surface area contributed by atoms with Gasteiger partial charge in [-0.15, -0.1) is 24.0 Å². The van der Waals surface area contributed by atoms with Crippen LogP contribution >= 0.6 is 24.0 Å². The number of rotatable bonds is 5. The van der Waals surface area contributed by atoms with Crippen molar-refractivity contribution < 1.29 is 9.47 Å². The van der Waals surface area contributed by atoms with Crippen molar-refractivity contribution >= 4 is 29.9 Å². The van der Waals surface area contributed by atoms with Gasteiger partial charge in [-0.25, -0.2) is 4.99 Å². The quantitative estimate of drug-likeness (QED) is 0.402. The van der Waals surface area contributed by atoms with Crippen molar-refractivity contribution in [3.63, 3.8) is 0 Å². The molecule has 1 unspecified atom stereocenters. The first-order chi connectivity index (χ1) is 12.3. The van der Waals surface area contributed by atoms with E-state index in [4.69, 9.17) is 9.47 Å². The first-order valence-corrected chi connectivity index (χ1v) is 8.57. The van der Waals surface area contributed by atoms with Gasteiger partial charge >= 0.3 is 0 Å². The Kier molecular flexibility index (Phi) is 7.96. The molecule has 26 heavy (non-hydrogen) atoms. The number of benzene rings is 1. The molecular weight excluding hydrogens is 443 g/mol. The first-order valence-electron chi connectivity index (χ1n) is 8.57. The Balaban J connectivity index is 0.00000243. The summed E-state index contributed by atoms with van der Waals surface area (Å²) in [6.07, 6.45) is 1.73. The topological polar surface area (TPSA) is 67.8 Å². The van der Waals surface area contributed by atoms with Gasteiger partial charge in [-0.2, -0.15) is 0 Å². The molecule has 2 N–H and O–H groups in total. The third-order valence-electron chi connectivity index (χ3n) is 3.91. The average molecular weight is 468 g/mol. The summed E-state index contributed by atoms with van der Waals surface area (Å²) in [5.41, 5.74) is 2.12. The van der Waals surface area contributed by atoms with Crippen LogP contribution in [0.2, 0.25) is 0 Å². The molecule has 0 spiro atoms. The fraction of sp³-hybridized carbons (Fsp3) is 0.368. The maximum Gasteiger partial charge on any atom is 0.191 e. The van der Waals surface area contributed by atoms with E-state index >= 15 is 0 Å². The number of nitrogens with one attached hydrogen (secondary N) is 2. The summed E-state index contributed by atoms with van der Waals surface area (Å²) in [4.78, 5) is 8.99. The second-order valence-electron chi connectivity index (χ2n) is 5.84. The van der Waals surface area contributed by atoms with Crippen molar-refractivity contribution in [2.24, 2.45) is 4.99 Å². The Morgan fingerprint density at radius 3 is 2.77 bits per heavy atom. The molecule has 2 heterocycles. The van der Waals surface area contributed by atoms with Gasteiger partial charge in [0.15, 0.2) is 17.5 Å². The standard InChI is InChI=1S/C19H24N4O2.HI/c1-3-20-19(23-12-16-14(2)7-6-10-21-16)22-11-15-13-24-17-8-4-5-9-18(17)25-15;/h4-10,15H,3,11-13H2,1-2H3,(H2,20,22,23);1H. The van der Waals surface area contributed by atoms with E-state index in [0.29, 0.717) is 19.7 Å². The van der Waals surface area contributed by atoms with Gasteiger partial charge in [0.1, 0.15) is 12.7 Å². The molecule has 0 amide bonds. The lowest BCUT2D eigenvalue weighted by Crippen LogP contribution is -2.45. The lowest BCUT2D eigenvalue weighted by Gasteiger charge is -2.27. The van der Waals surface area contributed by atoms with Gasteiger partial charge < -0.3 is 20.1 Å². The zero-order chi connectivity index (χ0) is 17.5. The van der Waals surface area contributed by atoms with Gasteiger partial charge in [-0.05, 0) is 37.6 Å². The lowest BCUT2D eigenvalue weighted by molar-refractivity contribution is 0.0936. The third-order valence-corrected chi connectivity index (χ3v) is 3.91. The van der Waals surface area contributed by atoms with Crippen molar-refractivity contribution in [3.8, 4) is 11.5 Å². The van der Waals surface area contributed by atoms with Gasteiger partial charge in [0.05, 0.1) is 18.8 Å². The van der Waals surface area contributed by atoms with Gasteiger partial charge in [0.25, 0.3) is 0 Å². The summed E-state index contributed by atoms with van der Waals surface area (Å²) in [5.74, 6) is 2.33. The molecule has 0 aliphatic carbocycles. The fourth-order valence-electron chi connectivity index (χ4n) is 2.55. The number of nitrogens with zero attached hydrogens (tertiary/aromatic N) is 2. The smallest absolute Gasteiger partial charge is 0.191 e. The van der Waals surface area contributed by atoms with Crippen molar-refractivity contribution in [2.75, 3.05) is 19.7 Å². The summed E-state index contributed by atoms with van der Waals surface area (Å²) in [6.45, 7) is 6.54. The van der Waals surface area contributed by atoms with Crippen molar-refractivity contribution in [1.29, 1.82) is 0 Å². The molecule has 1 atom stereocenters. The van der Waals surface area contributed by atoms with Crippen LogP contribution in [0.5, 0.6) is 11.5 Å². The number of hydrogen-bond acceptors (Lipinski definition) is 4. The highest BCUT2D eigenvalue weighted by atomic mass is 127. The maximum atomic E-state index is 5.96. The number of aryl methyl sites for hydroxylation is 1. The molecule has 1 aliphatic rings. The predicted octanol–water partition coefficient (Wildman–Crippen LogP) is 2.90. The molecule has 1 aromatic heterocycles. The number of halogens is 1. The van der Waals surface area contributed by atoms with E-state index in [1.165, 1.54) is 0 Å². The van der Waals surface area contributed by atoms with Crippen LogP contribution in [0, 0.1) is 6.92 Å². The van der Waals surface area contributed by atoms with Crippen molar-refractivity contribution in [3.05, 3.63) is 53.9 Å². The molecule has 6 nitrogen and oxygen atoms in total. The van der Waals surface area contributed by atoms with Gasteiger partial charge in [0.2, 0.25) is 0 Å². The molecule has 1 aromatic carbocycles. The molecule has 0 radical (unpaired) electrons. The highest BCUT2D eigenvalue weighted by Crippen LogP contribution is 2.30. The van der Waals surface area contributed by atoms with Crippen LogP contribution in [0.1, 0.15) is 18.2 Å². The number of para-hydroxylation sites is 2. The predicted molar refractivity (Wildman–Crippen MR) is 114 cm³/mol. The summed E-state index contributed by atoms with van der Waals surface area (Å²) in [5, 5.41) is 6.56.